The summed E-state index contributed by atoms with van der Waals surface area (Å²) in [5.41, 5.74) is 2.52. The molecule has 3 N–H and O–H groups in total. The molecule has 132 valence electrons. The molecular weight excluding hydrogens is 324 g/mol. The molecule has 5 heteroatoms. The zero-order valence-corrected chi connectivity index (χ0v) is 14.5. The van der Waals surface area contributed by atoms with E-state index in [2.05, 4.69) is 28.1 Å². The fourth-order valence-electron chi connectivity index (χ4n) is 3.52. The highest BCUT2D eigenvalue weighted by Crippen LogP contribution is 2.23. The van der Waals surface area contributed by atoms with Gasteiger partial charge in [-0.05, 0) is 55.3 Å². The van der Waals surface area contributed by atoms with Gasteiger partial charge in [-0.15, -0.1) is 0 Å². The van der Waals surface area contributed by atoms with Crippen molar-refractivity contribution in [3.8, 4) is 0 Å². The topological polar surface area (TPSA) is 56.4 Å². The Bertz CT molecular complexity index is 756. The Balaban J connectivity index is 1.33. The van der Waals surface area contributed by atoms with Gasteiger partial charge in [-0.1, -0.05) is 12.1 Å². The summed E-state index contributed by atoms with van der Waals surface area (Å²) in [5.74, 6) is 0.666. The Labute approximate surface area is 154 Å². The highest BCUT2D eigenvalue weighted by molar-refractivity contribution is 5.94. The predicted octanol–water partition coefficient (Wildman–Crippen LogP) is 2.87. The van der Waals surface area contributed by atoms with Crippen LogP contribution in [0.2, 0.25) is 0 Å². The molecule has 26 heavy (non-hydrogen) atoms. The number of anilines is 2. The van der Waals surface area contributed by atoms with Crippen molar-refractivity contribution in [3.63, 3.8) is 0 Å². The highest BCUT2D eigenvalue weighted by atomic mass is 16.2. The minimum absolute atomic E-state index is 0.111. The van der Waals surface area contributed by atoms with Crippen molar-refractivity contribution in [2.75, 3.05) is 18.4 Å². The van der Waals surface area contributed by atoms with E-state index in [1.54, 1.807) is 0 Å². The van der Waals surface area contributed by atoms with Gasteiger partial charge in [-0.2, -0.15) is 0 Å². The van der Waals surface area contributed by atoms with Crippen LogP contribution < -0.4 is 16.0 Å². The van der Waals surface area contributed by atoms with Crippen molar-refractivity contribution in [1.82, 2.24) is 15.5 Å². The standard InChI is InChI=1S/C21H22N4O/c26-21(25-14-10-16(11-15-25)20-22-12-13-23-20)17-6-8-19(9-7-17)24-18-4-2-1-3-5-18/h1-2,4,6-9,12-13,16,20,22-24H,10-11,14-15H2. The predicted molar refractivity (Wildman–Crippen MR) is 102 cm³/mol. The normalized spacial score (nSPS) is 17.3. The molecule has 1 fully saturated rings. The first kappa shape index (κ1) is 16.3. The smallest absolute Gasteiger partial charge is 0.253 e. The van der Waals surface area contributed by atoms with Crippen molar-refractivity contribution >= 4 is 17.3 Å². The number of benzene rings is 1. The molecule has 0 aliphatic carbocycles. The molecule has 0 aromatic heterocycles. The Morgan fingerprint density at radius 2 is 1.81 bits per heavy atom. The van der Waals surface area contributed by atoms with Crippen LogP contribution in [0.15, 0.2) is 54.9 Å². The van der Waals surface area contributed by atoms with Gasteiger partial charge in [0.2, 0.25) is 0 Å². The first-order chi connectivity index (χ1) is 12.8. The highest BCUT2D eigenvalue weighted by Gasteiger charge is 2.29. The Hall–Kier alpha value is -3.13. The van der Waals surface area contributed by atoms with Crippen molar-refractivity contribution in [2.45, 2.75) is 19.0 Å². The van der Waals surface area contributed by atoms with Crippen molar-refractivity contribution in [1.29, 1.82) is 0 Å². The van der Waals surface area contributed by atoms with Crippen LogP contribution >= 0.6 is 0 Å². The number of hydrogen-bond donors (Lipinski definition) is 3. The molecular formula is C21H22N4O. The maximum Gasteiger partial charge on any atom is 0.253 e. The van der Waals surface area contributed by atoms with Gasteiger partial charge in [0.05, 0.1) is 11.9 Å². The van der Waals surface area contributed by atoms with Gasteiger partial charge in [0.1, 0.15) is 0 Å². The average Bonchev–Trinajstić information content (AvgIpc) is 3.24. The summed E-state index contributed by atoms with van der Waals surface area (Å²) < 4.78 is 0. The van der Waals surface area contributed by atoms with E-state index in [-0.39, 0.29) is 5.91 Å². The monoisotopic (exact) mass is 346 g/mol. The van der Waals surface area contributed by atoms with E-state index < -0.39 is 0 Å². The Morgan fingerprint density at radius 1 is 1.08 bits per heavy atom. The van der Waals surface area contributed by atoms with Gasteiger partial charge in [-0.3, -0.25) is 4.79 Å². The van der Waals surface area contributed by atoms with Crippen LogP contribution in [-0.2, 0) is 0 Å². The molecule has 1 amide bonds. The van der Waals surface area contributed by atoms with E-state index in [0.717, 1.165) is 42.9 Å². The van der Waals surface area contributed by atoms with Crippen LogP contribution in [0, 0.1) is 18.1 Å². The van der Waals surface area contributed by atoms with Gasteiger partial charge in [0, 0.05) is 42.7 Å². The Morgan fingerprint density at radius 3 is 2.46 bits per heavy atom. The fourth-order valence-corrected chi connectivity index (χ4v) is 3.52. The van der Waals surface area contributed by atoms with E-state index >= 15 is 0 Å². The first-order valence-electron chi connectivity index (χ1n) is 9.01. The van der Waals surface area contributed by atoms with Crippen LogP contribution in [0.3, 0.4) is 0 Å². The zero-order valence-electron chi connectivity index (χ0n) is 14.5. The van der Waals surface area contributed by atoms with Gasteiger partial charge in [-0.25, -0.2) is 0 Å². The third-order valence-electron chi connectivity index (χ3n) is 4.99. The second-order valence-corrected chi connectivity index (χ2v) is 6.69. The largest absolute Gasteiger partial charge is 0.370 e. The molecule has 0 spiro atoms. The van der Waals surface area contributed by atoms with Crippen LogP contribution in [0.5, 0.6) is 0 Å². The molecule has 2 aliphatic heterocycles. The first-order valence-corrected chi connectivity index (χ1v) is 9.01. The number of nitrogens with one attached hydrogen (secondary N) is 3. The van der Waals surface area contributed by atoms with Crippen LogP contribution in [0.25, 0.3) is 0 Å². The van der Waals surface area contributed by atoms with Crippen LogP contribution in [0.4, 0.5) is 11.4 Å². The minimum atomic E-state index is 0.111. The molecule has 2 aromatic rings. The number of hydrogen-bond acceptors (Lipinski definition) is 4. The molecule has 0 saturated carbocycles. The van der Waals surface area contributed by atoms with E-state index in [9.17, 15) is 4.79 Å². The molecule has 4 rings (SSSR count). The maximum absolute atomic E-state index is 12.7. The summed E-state index contributed by atoms with van der Waals surface area (Å²) in [6.45, 7) is 1.61. The second kappa shape index (κ2) is 7.40. The SMILES string of the molecule is O=C(c1ccc(Nc2c#cccc2)cc1)N1CCC(C2NC=CN2)CC1. The van der Waals surface area contributed by atoms with Crippen molar-refractivity contribution in [3.05, 3.63) is 72.6 Å². The number of carbonyl (C=O) groups is 1. The third-order valence-corrected chi connectivity index (χ3v) is 4.99. The van der Waals surface area contributed by atoms with Crippen LogP contribution in [0.1, 0.15) is 23.2 Å². The molecule has 1 saturated heterocycles. The molecule has 2 aromatic carbocycles. The molecule has 0 unspecified atom stereocenters. The minimum Gasteiger partial charge on any atom is -0.370 e. The molecule has 0 radical (unpaired) electrons. The summed E-state index contributed by atoms with van der Waals surface area (Å²) in [4.78, 5) is 14.7. The van der Waals surface area contributed by atoms with Gasteiger partial charge in [0.15, 0.2) is 0 Å². The summed E-state index contributed by atoms with van der Waals surface area (Å²) >= 11 is 0. The van der Waals surface area contributed by atoms with Gasteiger partial charge < -0.3 is 20.9 Å². The summed E-state index contributed by atoms with van der Waals surface area (Å²) in [7, 11) is 0. The molecule has 5 nitrogen and oxygen atoms in total. The second-order valence-electron chi connectivity index (χ2n) is 6.69. The number of nitrogens with zero attached hydrogens (tertiary/aromatic N) is 1. The molecule has 2 aliphatic rings. The fraction of sp³-hybridized carbons (Fsp3) is 0.286. The summed E-state index contributed by atoms with van der Waals surface area (Å²) in [6, 6.07) is 19.2. The van der Waals surface area contributed by atoms with Gasteiger partial charge >= 0.3 is 0 Å². The summed E-state index contributed by atoms with van der Waals surface area (Å²) in [6.07, 6.45) is 6.23. The quantitative estimate of drug-likeness (QED) is 0.797. The molecule has 0 atom stereocenters. The van der Waals surface area contributed by atoms with E-state index in [1.807, 2.05) is 59.8 Å². The lowest BCUT2D eigenvalue weighted by molar-refractivity contribution is 0.0671. The van der Waals surface area contributed by atoms with E-state index in [1.165, 1.54) is 0 Å². The number of piperidine rings is 1. The lowest BCUT2D eigenvalue weighted by Gasteiger charge is -2.35. The van der Waals surface area contributed by atoms with E-state index in [4.69, 9.17) is 0 Å². The lowest BCUT2D eigenvalue weighted by atomic mass is 9.93. The van der Waals surface area contributed by atoms with Crippen molar-refractivity contribution in [2.24, 2.45) is 5.92 Å². The number of likely N-dealkylation sites (tertiary alicyclic amines) is 1. The van der Waals surface area contributed by atoms with E-state index in [0.29, 0.717) is 12.1 Å². The molecule has 0 bridgehead atoms. The van der Waals surface area contributed by atoms with Crippen molar-refractivity contribution < 1.29 is 4.79 Å². The number of carbonyl (C=O) groups excluding carboxylic acids is 1. The number of rotatable bonds is 4. The van der Waals surface area contributed by atoms with Gasteiger partial charge in [0.25, 0.3) is 5.91 Å². The lowest BCUT2D eigenvalue weighted by Crippen LogP contribution is -2.46. The summed E-state index contributed by atoms with van der Waals surface area (Å²) in [5, 5.41) is 9.90. The number of amides is 1. The van der Waals surface area contributed by atoms with Crippen LogP contribution in [-0.4, -0.2) is 30.1 Å². The molecule has 2 heterocycles. The zero-order chi connectivity index (χ0) is 17.8. The maximum atomic E-state index is 12.7. The Kier molecular flexibility index (Phi) is 4.65. The third kappa shape index (κ3) is 3.60. The average molecular weight is 346 g/mol.